The number of benzene rings is 1. The number of rotatable bonds is 3. The molecule has 0 bridgehead atoms. The molecule has 0 aliphatic carbocycles. The third-order valence-electron chi connectivity index (χ3n) is 2.03. The van der Waals surface area contributed by atoms with Gasteiger partial charge in [-0.2, -0.15) is 0 Å². The van der Waals surface area contributed by atoms with E-state index in [0.29, 0.717) is 17.1 Å². The van der Waals surface area contributed by atoms with Crippen molar-refractivity contribution in [2.24, 2.45) is 16.7 Å². The minimum atomic E-state index is -0.433. The highest BCUT2D eigenvalue weighted by Crippen LogP contribution is 2.27. The number of nitrogens with one attached hydrogen (secondary N) is 1. The molecule has 9 heteroatoms. The molecular weight excluding hydrogens is 295 g/mol. The van der Waals surface area contributed by atoms with Crippen LogP contribution in [0.25, 0.3) is 0 Å². The molecule has 0 saturated carbocycles. The minimum absolute atomic E-state index is 0. The maximum Gasteiger partial charge on any atom is 0.258 e. The van der Waals surface area contributed by atoms with E-state index < -0.39 is 5.91 Å². The molecule has 0 heterocycles. The molecule has 0 atom stereocenters. The van der Waals surface area contributed by atoms with E-state index in [2.05, 4.69) is 10.4 Å². The van der Waals surface area contributed by atoms with Gasteiger partial charge in [0.1, 0.15) is 0 Å². The van der Waals surface area contributed by atoms with Crippen LogP contribution in [0, 0.1) is 0 Å². The van der Waals surface area contributed by atoms with Gasteiger partial charge in [-0.3, -0.25) is 10.1 Å². The molecule has 0 spiro atoms. The molecule has 0 fully saturated rings. The fourth-order valence-electron chi connectivity index (χ4n) is 1.20. The van der Waals surface area contributed by atoms with Gasteiger partial charge in [-0.25, -0.2) is 0 Å². The first kappa shape index (κ1) is 19.5. The lowest BCUT2D eigenvalue weighted by Gasteiger charge is -2.09. The van der Waals surface area contributed by atoms with Crippen LogP contribution in [0.2, 0.25) is 0 Å². The predicted molar refractivity (Wildman–Crippen MR) is 77.3 cm³/mol. The molecule has 0 aliphatic rings. The van der Waals surface area contributed by atoms with Crippen LogP contribution >= 0.6 is 24.8 Å². The summed E-state index contributed by atoms with van der Waals surface area (Å²) in [5.74, 6) is 5.29. The summed E-state index contributed by atoms with van der Waals surface area (Å²) >= 11 is 0. The summed E-state index contributed by atoms with van der Waals surface area (Å²) in [6, 6.07) is 4.71. The first-order chi connectivity index (χ1) is 8.12. The Balaban J connectivity index is 0. The molecular formula is C10H16Cl2N4O3. The standard InChI is InChI=1S/C10H14N4O3.2ClH/c1-16-7-4-3-6(5-8(7)17-2)9(15)13-10(11)14-12;;/h3-5H,12H2,1-2H3,(H3,11,13,14,15);2*1H. The van der Waals surface area contributed by atoms with E-state index in [1.165, 1.54) is 20.3 Å². The lowest BCUT2D eigenvalue weighted by molar-refractivity contribution is 0.0976. The lowest BCUT2D eigenvalue weighted by atomic mass is 10.2. The monoisotopic (exact) mass is 310 g/mol. The van der Waals surface area contributed by atoms with Crippen molar-refractivity contribution in [1.82, 2.24) is 5.32 Å². The molecule has 0 aromatic heterocycles. The Kier molecular flexibility index (Phi) is 9.35. The summed E-state index contributed by atoms with van der Waals surface area (Å²) in [6.07, 6.45) is 0. The number of carbonyl (C=O) groups is 1. The number of carbonyl (C=O) groups excluding carboxylic acids is 1. The summed E-state index contributed by atoms with van der Waals surface area (Å²) in [6.45, 7) is 0. The molecule has 1 aromatic rings. The van der Waals surface area contributed by atoms with Crippen LogP contribution in [0.1, 0.15) is 10.4 Å². The predicted octanol–water partition coefficient (Wildman–Crippen LogP) is 0.466. The molecule has 7 nitrogen and oxygen atoms in total. The average molecular weight is 311 g/mol. The summed E-state index contributed by atoms with van der Waals surface area (Å²) in [4.78, 5) is 11.7. The van der Waals surface area contributed by atoms with Crippen LogP contribution in [-0.2, 0) is 0 Å². The van der Waals surface area contributed by atoms with E-state index in [-0.39, 0.29) is 30.8 Å². The van der Waals surface area contributed by atoms with Gasteiger partial charge in [-0.1, -0.05) is 0 Å². The van der Waals surface area contributed by atoms with Crippen molar-refractivity contribution >= 4 is 36.7 Å². The van der Waals surface area contributed by atoms with Gasteiger partial charge in [0.15, 0.2) is 11.5 Å². The number of halogens is 2. The van der Waals surface area contributed by atoms with Gasteiger partial charge in [0.25, 0.3) is 5.91 Å². The molecule has 1 aromatic carbocycles. The Morgan fingerprint density at radius 1 is 1.21 bits per heavy atom. The molecule has 0 saturated heterocycles. The second-order valence-electron chi connectivity index (χ2n) is 3.04. The summed E-state index contributed by atoms with van der Waals surface area (Å²) < 4.78 is 10.1. The van der Waals surface area contributed by atoms with Gasteiger partial charge in [0.05, 0.1) is 14.2 Å². The van der Waals surface area contributed by atoms with Gasteiger partial charge in [-0.15, -0.1) is 29.9 Å². The number of nitrogens with two attached hydrogens (primary N) is 2. The van der Waals surface area contributed by atoms with E-state index in [4.69, 9.17) is 21.1 Å². The van der Waals surface area contributed by atoms with Gasteiger partial charge in [-0.05, 0) is 18.2 Å². The maximum atomic E-state index is 11.7. The van der Waals surface area contributed by atoms with E-state index in [0.717, 1.165) is 0 Å². The largest absolute Gasteiger partial charge is 0.493 e. The molecule has 0 unspecified atom stereocenters. The molecule has 1 rings (SSSR count). The average Bonchev–Trinajstić information content (AvgIpc) is 2.37. The third-order valence-corrected chi connectivity index (χ3v) is 2.03. The molecule has 19 heavy (non-hydrogen) atoms. The molecule has 1 amide bonds. The highest BCUT2D eigenvalue weighted by atomic mass is 35.5. The van der Waals surface area contributed by atoms with E-state index in [1.54, 1.807) is 12.1 Å². The fourth-order valence-corrected chi connectivity index (χ4v) is 1.20. The summed E-state index contributed by atoms with van der Waals surface area (Å²) in [5.41, 5.74) is 5.63. The topological polar surface area (TPSA) is 112 Å². The third kappa shape index (κ3) is 5.11. The molecule has 0 aliphatic heterocycles. The smallest absolute Gasteiger partial charge is 0.258 e. The van der Waals surface area contributed by atoms with Gasteiger partial charge < -0.3 is 21.1 Å². The number of hydrogen-bond acceptors (Lipinski definition) is 5. The van der Waals surface area contributed by atoms with Crippen molar-refractivity contribution in [2.45, 2.75) is 0 Å². The number of ether oxygens (including phenoxy) is 2. The normalized spacial score (nSPS) is 9.68. The van der Waals surface area contributed by atoms with Gasteiger partial charge in [0.2, 0.25) is 5.96 Å². The Morgan fingerprint density at radius 3 is 2.26 bits per heavy atom. The van der Waals surface area contributed by atoms with Crippen molar-refractivity contribution in [3.8, 4) is 11.5 Å². The van der Waals surface area contributed by atoms with E-state index in [1.807, 2.05) is 0 Å². The first-order valence-corrected chi connectivity index (χ1v) is 4.69. The van der Waals surface area contributed by atoms with Crippen LogP contribution in [0.4, 0.5) is 0 Å². The van der Waals surface area contributed by atoms with Crippen LogP contribution in [-0.4, -0.2) is 26.1 Å². The number of nitrogens with zero attached hydrogens (tertiary/aromatic N) is 1. The Bertz CT molecular complexity index is 454. The number of hydrogen-bond donors (Lipinski definition) is 3. The van der Waals surface area contributed by atoms with Gasteiger partial charge >= 0.3 is 0 Å². The van der Waals surface area contributed by atoms with Crippen molar-refractivity contribution < 1.29 is 14.3 Å². The summed E-state index contributed by atoms with van der Waals surface area (Å²) in [7, 11) is 2.99. The summed E-state index contributed by atoms with van der Waals surface area (Å²) in [5, 5.41) is 5.44. The van der Waals surface area contributed by atoms with Crippen molar-refractivity contribution in [2.75, 3.05) is 14.2 Å². The van der Waals surface area contributed by atoms with Crippen molar-refractivity contribution in [3.05, 3.63) is 23.8 Å². The second kappa shape index (κ2) is 9.12. The molecule has 108 valence electrons. The highest BCUT2D eigenvalue weighted by Gasteiger charge is 2.11. The quantitative estimate of drug-likeness (QED) is 0.325. The highest BCUT2D eigenvalue weighted by molar-refractivity contribution is 6.05. The maximum absolute atomic E-state index is 11.7. The lowest BCUT2D eigenvalue weighted by Crippen LogP contribution is -2.37. The van der Waals surface area contributed by atoms with E-state index in [9.17, 15) is 4.79 Å². The molecule has 0 radical (unpaired) electrons. The Hall–Kier alpha value is -1.86. The van der Waals surface area contributed by atoms with Crippen LogP contribution in [0.5, 0.6) is 11.5 Å². The van der Waals surface area contributed by atoms with Crippen LogP contribution in [0.15, 0.2) is 23.3 Å². The minimum Gasteiger partial charge on any atom is -0.493 e. The fraction of sp³-hybridized carbons (Fsp3) is 0.200. The number of amides is 1. The first-order valence-electron chi connectivity index (χ1n) is 4.69. The van der Waals surface area contributed by atoms with E-state index >= 15 is 0 Å². The zero-order valence-electron chi connectivity index (χ0n) is 10.4. The Labute approximate surface area is 123 Å². The van der Waals surface area contributed by atoms with Gasteiger partial charge in [0, 0.05) is 5.56 Å². The molecule has 5 N–H and O–H groups in total. The zero-order chi connectivity index (χ0) is 12.8. The van der Waals surface area contributed by atoms with Crippen LogP contribution < -0.4 is 26.4 Å². The van der Waals surface area contributed by atoms with Crippen molar-refractivity contribution in [3.63, 3.8) is 0 Å². The van der Waals surface area contributed by atoms with Crippen molar-refractivity contribution in [1.29, 1.82) is 0 Å². The van der Waals surface area contributed by atoms with Crippen LogP contribution in [0.3, 0.4) is 0 Å². The number of methoxy groups -OCH3 is 2. The number of hydrazone groups is 1. The zero-order valence-corrected chi connectivity index (χ0v) is 12.0. The SMILES string of the molecule is COc1ccc(C(=O)NC(N)=NN)cc1OC.Cl.Cl. The Morgan fingerprint density at radius 2 is 1.79 bits per heavy atom. The number of guanidine groups is 1. The second-order valence-corrected chi connectivity index (χ2v) is 3.04.